The van der Waals surface area contributed by atoms with Crippen molar-refractivity contribution in [3.8, 4) is 0 Å². The Labute approximate surface area is 83.2 Å². The highest BCUT2D eigenvalue weighted by Gasteiger charge is 2.40. The third kappa shape index (κ3) is 2.13. The zero-order valence-corrected chi connectivity index (χ0v) is 8.22. The third-order valence-corrected chi connectivity index (χ3v) is 2.81. The third-order valence-electron chi connectivity index (χ3n) is 2.81. The van der Waals surface area contributed by atoms with Gasteiger partial charge in [0, 0.05) is 5.92 Å². The number of ether oxygens (including phenoxy) is 1. The van der Waals surface area contributed by atoms with E-state index in [9.17, 15) is 15.0 Å². The summed E-state index contributed by atoms with van der Waals surface area (Å²) in [5, 5.41) is 19.1. The Morgan fingerprint density at radius 2 is 2.21 bits per heavy atom. The van der Waals surface area contributed by atoms with Crippen LogP contribution >= 0.6 is 0 Å². The number of methoxy groups -OCH3 is 1. The molecule has 0 heterocycles. The molecule has 0 amide bonds. The molecule has 0 aromatic heterocycles. The van der Waals surface area contributed by atoms with Crippen molar-refractivity contribution in [3.05, 3.63) is 12.7 Å². The van der Waals surface area contributed by atoms with Crippen LogP contribution in [-0.4, -0.2) is 35.5 Å². The van der Waals surface area contributed by atoms with Gasteiger partial charge in [0.2, 0.25) is 0 Å². The molecule has 1 aliphatic carbocycles. The zero-order valence-electron chi connectivity index (χ0n) is 8.22. The number of carbonyl (C=O) groups is 1. The Hall–Kier alpha value is -0.870. The van der Waals surface area contributed by atoms with Crippen molar-refractivity contribution in [3.63, 3.8) is 0 Å². The van der Waals surface area contributed by atoms with E-state index in [4.69, 9.17) is 0 Å². The molecule has 0 spiro atoms. The highest BCUT2D eigenvalue weighted by atomic mass is 16.5. The van der Waals surface area contributed by atoms with Gasteiger partial charge in [0.25, 0.3) is 0 Å². The Morgan fingerprint density at radius 3 is 2.64 bits per heavy atom. The molecule has 4 atom stereocenters. The summed E-state index contributed by atoms with van der Waals surface area (Å²) in [6.45, 7) is 3.57. The molecular weight excluding hydrogens is 184 g/mol. The van der Waals surface area contributed by atoms with Gasteiger partial charge in [-0.3, -0.25) is 4.79 Å². The molecule has 0 aromatic carbocycles. The Balaban J connectivity index is 2.56. The van der Waals surface area contributed by atoms with Crippen LogP contribution in [0.2, 0.25) is 0 Å². The molecule has 4 heteroatoms. The van der Waals surface area contributed by atoms with Gasteiger partial charge in [0.15, 0.2) is 0 Å². The maximum Gasteiger partial charge on any atom is 0.305 e. The predicted octanol–water partition coefficient (Wildman–Crippen LogP) is 0.0934. The Bertz CT molecular complexity index is 226. The Morgan fingerprint density at radius 1 is 1.57 bits per heavy atom. The van der Waals surface area contributed by atoms with Crippen molar-refractivity contribution in [1.29, 1.82) is 0 Å². The Kier molecular flexibility index (Phi) is 3.66. The number of aliphatic hydroxyl groups excluding tert-OH is 2. The van der Waals surface area contributed by atoms with Gasteiger partial charge < -0.3 is 14.9 Å². The predicted molar refractivity (Wildman–Crippen MR) is 50.4 cm³/mol. The summed E-state index contributed by atoms with van der Waals surface area (Å²) in [7, 11) is 1.31. The minimum atomic E-state index is -0.850. The van der Waals surface area contributed by atoms with Crippen molar-refractivity contribution in [2.45, 2.75) is 25.0 Å². The average Bonchev–Trinajstić information content (AvgIpc) is 2.45. The minimum Gasteiger partial charge on any atom is -0.469 e. The second-order valence-electron chi connectivity index (χ2n) is 3.66. The molecule has 1 saturated carbocycles. The van der Waals surface area contributed by atoms with Crippen LogP contribution in [0.15, 0.2) is 12.7 Å². The molecule has 2 N–H and O–H groups in total. The molecule has 0 saturated heterocycles. The lowest BCUT2D eigenvalue weighted by molar-refractivity contribution is -0.142. The van der Waals surface area contributed by atoms with Crippen molar-refractivity contribution in [1.82, 2.24) is 0 Å². The molecular formula is C10H16O4. The highest BCUT2D eigenvalue weighted by molar-refractivity contribution is 5.69. The number of esters is 1. The molecule has 0 unspecified atom stereocenters. The van der Waals surface area contributed by atoms with Crippen LogP contribution in [-0.2, 0) is 9.53 Å². The molecule has 4 nitrogen and oxygen atoms in total. The van der Waals surface area contributed by atoms with Gasteiger partial charge in [0.05, 0.1) is 25.7 Å². The van der Waals surface area contributed by atoms with Crippen LogP contribution in [0.3, 0.4) is 0 Å². The molecule has 1 rings (SSSR count). The first-order valence-electron chi connectivity index (χ1n) is 4.65. The molecule has 1 aliphatic rings. The summed E-state index contributed by atoms with van der Waals surface area (Å²) in [6.07, 6.45) is 0.699. The quantitative estimate of drug-likeness (QED) is 0.500. The van der Waals surface area contributed by atoms with Gasteiger partial charge in [-0.05, 0) is 12.3 Å². The fourth-order valence-electron chi connectivity index (χ4n) is 1.90. The lowest BCUT2D eigenvalue weighted by Gasteiger charge is -2.15. The summed E-state index contributed by atoms with van der Waals surface area (Å²) in [5.74, 6) is -0.703. The molecule has 80 valence electrons. The monoisotopic (exact) mass is 200 g/mol. The van der Waals surface area contributed by atoms with E-state index in [0.717, 1.165) is 0 Å². The lowest BCUT2D eigenvalue weighted by atomic mass is 10.0. The molecule has 1 fully saturated rings. The first kappa shape index (κ1) is 11.2. The van der Waals surface area contributed by atoms with Gasteiger partial charge in [-0.1, -0.05) is 6.08 Å². The zero-order chi connectivity index (χ0) is 10.7. The summed E-state index contributed by atoms with van der Waals surface area (Å²) < 4.78 is 4.51. The second kappa shape index (κ2) is 4.57. The van der Waals surface area contributed by atoms with Crippen LogP contribution in [0.4, 0.5) is 0 Å². The van der Waals surface area contributed by atoms with Crippen LogP contribution in [0, 0.1) is 11.8 Å². The van der Waals surface area contributed by atoms with E-state index >= 15 is 0 Å². The van der Waals surface area contributed by atoms with Gasteiger partial charge in [0.1, 0.15) is 0 Å². The second-order valence-corrected chi connectivity index (χ2v) is 3.66. The number of rotatable bonds is 3. The summed E-state index contributed by atoms with van der Waals surface area (Å²) in [6, 6.07) is 0. The van der Waals surface area contributed by atoms with Crippen LogP contribution in [0.5, 0.6) is 0 Å². The highest BCUT2D eigenvalue weighted by Crippen LogP contribution is 2.34. The van der Waals surface area contributed by atoms with E-state index in [0.29, 0.717) is 6.42 Å². The molecule has 14 heavy (non-hydrogen) atoms. The van der Waals surface area contributed by atoms with Crippen molar-refractivity contribution in [2.24, 2.45) is 11.8 Å². The van der Waals surface area contributed by atoms with Crippen molar-refractivity contribution < 1.29 is 19.7 Å². The van der Waals surface area contributed by atoms with Crippen LogP contribution in [0.1, 0.15) is 12.8 Å². The minimum absolute atomic E-state index is 0.125. The largest absolute Gasteiger partial charge is 0.469 e. The van der Waals surface area contributed by atoms with E-state index in [2.05, 4.69) is 11.3 Å². The van der Waals surface area contributed by atoms with Gasteiger partial charge >= 0.3 is 5.97 Å². The molecule has 0 radical (unpaired) electrons. The fraction of sp³-hybridized carbons (Fsp3) is 0.700. The van der Waals surface area contributed by atoms with E-state index < -0.39 is 12.2 Å². The van der Waals surface area contributed by atoms with Crippen molar-refractivity contribution >= 4 is 5.97 Å². The number of carbonyl (C=O) groups excluding carboxylic acids is 1. The molecule has 0 aliphatic heterocycles. The SMILES string of the molecule is C=C[C@@H]1C[C@H](CC(=O)OC)[C@@H](O)[C@H]1O. The molecule has 0 bridgehead atoms. The number of hydrogen-bond acceptors (Lipinski definition) is 4. The standard InChI is InChI=1S/C10H16O4/c1-3-6-4-7(5-8(11)14-2)10(13)9(6)12/h3,6-7,9-10,12-13H,1,4-5H2,2H3/t6-,7-,9+,10-/m1/s1. The van der Waals surface area contributed by atoms with Gasteiger partial charge in [-0.25, -0.2) is 0 Å². The number of hydrogen-bond donors (Lipinski definition) is 2. The van der Waals surface area contributed by atoms with Crippen LogP contribution in [0.25, 0.3) is 0 Å². The summed E-state index contributed by atoms with van der Waals surface area (Å²) in [5.41, 5.74) is 0. The van der Waals surface area contributed by atoms with Gasteiger partial charge in [-0.15, -0.1) is 6.58 Å². The first-order valence-corrected chi connectivity index (χ1v) is 4.65. The normalized spacial score (nSPS) is 36.8. The smallest absolute Gasteiger partial charge is 0.305 e. The van der Waals surface area contributed by atoms with Gasteiger partial charge in [-0.2, -0.15) is 0 Å². The summed E-state index contributed by atoms with van der Waals surface area (Å²) in [4.78, 5) is 11.0. The number of aliphatic hydroxyl groups is 2. The van der Waals surface area contributed by atoms with Crippen molar-refractivity contribution in [2.75, 3.05) is 7.11 Å². The maximum atomic E-state index is 11.0. The first-order chi connectivity index (χ1) is 6.60. The maximum absolute atomic E-state index is 11.0. The lowest BCUT2D eigenvalue weighted by Crippen LogP contribution is -2.28. The summed E-state index contributed by atoms with van der Waals surface area (Å²) >= 11 is 0. The topological polar surface area (TPSA) is 66.8 Å². The van der Waals surface area contributed by atoms with E-state index in [1.165, 1.54) is 7.11 Å². The van der Waals surface area contributed by atoms with E-state index in [-0.39, 0.29) is 24.2 Å². The fourth-order valence-corrected chi connectivity index (χ4v) is 1.90. The van der Waals surface area contributed by atoms with E-state index in [1.807, 2.05) is 0 Å². The van der Waals surface area contributed by atoms with Crippen LogP contribution < -0.4 is 0 Å². The molecule has 0 aromatic rings. The average molecular weight is 200 g/mol. The van der Waals surface area contributed by atoms with E-state index in [1.54, 1.807) is 6.08 Å².